The summed E-state index contributed by atoms with van der Waals surface area (Å²) in [5.41, 5.74) is 0.328. The zero-order valence-corrected chi connectivity index (χ0v) is 6.58. The zero-order valence-electron chi connectivity index (χ0n) is 5.68. The lowest BCUT2D eigenvalue weighted by molar-refractivity contribution is -0.117. The number of hydrogen-bond acceptors (Lipinski definition) is 2. The molecule has 0 N–H and O–H groups in total. The van der Waals surface area contributed by atoms with Crippen molar-refractivity contribution in [1.29, 1.82) is 0 Å². The van der Waals surface area contributed by atoms with Crippen molar-refractivity contribution in [1.82, 2.24) is 0 Å². The third-order valence-electron chi connectivity index (χ3n) is 1.92. The van der Waals surface area contributed by atoms with E-state index in [0.29, 0.717) is 11.2 Å². The minimum Gasteiger partial charge on any atom is -0.300 e. The highest BCUT2D eigenvalue weighted by Crippen LogP contribution is 2.49. The summed E-state index contributed by atoms with van der Waals surface area (Å²) >= 11 is 4.19. The summed E-state index contributed by atoms with van der Waals surface area (Å²) in [5.74, 6) is 1.19. The minimum atomic E-state index is 0.307. The molecule has 0 heterocycles. The first-order chi connectivity index (χ1) is 4.18. The van der Waals surface area contributed by atoms with E-state index in [9.17, 15) is 4.79 Å². The number of rotatable bonds is 3. The van der Waals surface area contributed by atoms with Gasteiger partial charge in [0.15, 0.2) is 0 Å². The lowest BCUT2D eigenvalue weighted by Crippen LogP contribution is -2.07. The van der Waals surface area contributed by atoms with Crippen LogP contribution in [0.1, 0.15) is 26.2 Å². The molecule has 1 aliphatic carbocycles. The van der Waals surface area contributed by atoms with Gasteiger partial charge in [-0.3, -0.25) is 0 Å². The molecule has 1 aliphatic rings. The van der Waals surface area contributed by atoms with Gasteiger partial charge < -0.3 is 4.79 Å². The molecule has 1 rings (SSSR count). The Kier molecular flexibility index (Phi) is 1.85. The molecule has 0 spiro atoms. The van der Waals surface area contributed by atoms with E-state index in [4.69, 9.17) is 0 Å². The summed E-state index contributed by atoms with van der Waals surface area (Å²) in [5, 5.41) is 0. The Morgan fingerprint density at radius 1 is 1.67 bits per heavy atom. The number of hydrogen-bond donors (Lipinski definition) is 1. The lowest BCUT2D eigenvalue weighted by Gasteiger charge is -2.06. The molecule has 1 saturated carbocycles. The molecular weight excluding hydrogens is 132 g/mol. The molecule has 1 nitrogen and oxygen atoms in total. The fraction of sp³-hybridized carbons (Fsp3) is 0.857. The second kappa shape index (κ2) is 2.33. The van der Waals surface area contributed by atoms with E-state index in [0.717, 1.165) is 12.2 Å². The van der Waals surface area contributed by atoms with E-state index in [-0.39, 0.29) is 0 Å². The van der Waals surface area contributed by atoms with Crippen LogP contribution in [0.15, 0.2) is 0 Å². The SMILES string of the molecule is CC(=O)CC1(CS)CC1. The Morgan fingerprint density at radius 3 is 2.33 bits per heavy atom. The van der Waals surface area contributed by atoms with Crippen LogP contribution in [0.4, 0.5) is 0 Å². The summed E-state index contributed by atoms with van der Waals surface area (Å²) in [6, 6.07) is 0. The molecule has 0 aromatic rings. The van der Waals surface area contributed by atoms with Crippen molar-refractivity contribution in [3.63, 3.8) is 0 Å². The summed E-state index contributed by atoms with van der Waals surface area (Å²) < 4.78 is 0. The number of thiol groups is 1. The van der Waals surface area contributed by atoms with E-state index < -0.39 is 0 Å². The normalized spacial score (nSPS) is 21.6. The average molecular weight is 144 g/mol. The maximum absolute atomic E-state index is 10.6. The first kappa shape index (κ1) is 7.13. The molecule has 52 valence electrons. The van der Waals surface area contributed by atoms with Crippen molar-refractivity contribution >= 4 is 18.4 Å². The second-order valence-electron chi connectivity index (χ2n) is 3.04. The van der Waals surface area contributed by atoms with Gasteiger partial charge in [0.1, 0.15) is 5.78 Å². The summed E-state index contributed by atoms with van der Waals surface area (Å²) in [6.45, 7) is 1.66. The Labute approximate surface area is 61.2 Å². The van der Waals surface area contributed by atoms with Gasteiger partial charge in [-0.1, -0.05) is 0 Å². The number of carbonyl (C=O) groups excluding carboxylic acids is 1. The molecule has 9 heavy (non-hydrogen) atoms. The Balaban J connectivity index is 2.33. The third-order valence-corrected chi connectivity index (χ3v) is 2.59. The van der Waals surface area contributed by atoms with Gasteiger partial charge in [0.25, 0.3) is 0 Å². The summed E-state index contributed by atoms with van der Waals surface area (Å²) in [7, 11) is 0. The van der Waals surface area contributed by atoms with Gasteiger partial charge in [-0.2, -0.15) is 12.6 Å². The van der Waals surface area contributed by atoms with Crippen molar-refractivity contribution in [2.45, 2.75) is 26.2 Å². The average Bonchev–Trinajstić information content (AvgIpc) is 2.48. The molecular formula is C7H12OS. The smallest absolute Gasteiger partial charge is 0.130 e. The first-order valence-corrected chi connectivity index (χ1v) is 3.92. The van der Waals surface area contributed by atoms with Crippen molar-refractivity contribution in [3.8, 4) is 0 Å². The maximum atomic E-state index is 10.6. The molecule has 0 aliphatic heterocycles. The van der Waals surface area contributed by atoms with Crippen LogP contribution in [0.3, 0.4) is 0 Å². The van der Waals surface area contributed by atoms with Crippen LogP contribution >= 0.6 is 12.6 Å². The fourth-order valence-corrected chi connectivity index (χ4v) is 1.52. The molecule has 0 amide bonds. The van der Waals surface area contributed by atoms with Crippen LogP contribution in [-0.2, 0) is 4.79 Å². The standard InChI is InChI=1S/C7H12OS/c1-6(8)4-7(5-9)2-3-7/h9H,2-5H2,1H3. The van der Waals surface area contributed by atoms with E-state index in [1.165, 1.54) is 12.8 Å². The van der Waals surface area contributed by atoms with Crippen molar-refractivity contribution in [2.24, 2.45) is 5.41 Å². The molecule has 0 aromatic heterocycles. The molecule has 0 aromatic carbocycles. The third kappa shape index (κ3) is 1.71. The van der Waals surface area contributed by atoms with Crippen LogP contribution in [0.5, 0.6) is 0 Å². The Bertz CT molecular complexity index is 127. The molecule has 0 saturated heterocycles. The number of Topliss-reactive ketones (excluding diaryl/α,β-unsaturated/α-hetero) is 1. The van der Waals surface area contributed by atoms with Gasteiger partial charge in [0, 0.05) is 6.42 Å². The Hall–Kier alpha value is 0.0200. The van der Waals surface area contributed by atoms with E-state index in [1.807, 2.05) is 0 Å². The minimum absolute atomic E-state index is 0.307. The molecule has 2 heteroatoms. The summed E-state index contributed by atoms with van der Waals surface area (Å²) in [6.07, 6.45) is 3.16. The topological polar surface area (TPSA) is 17.1 Å². The van der Waals surface area contributed by atoms with Crippen LogP contribution in [-0.4, -0.2) is 11.5 Å². The van der Waals surface area contributed by atoms with E-state index >= 15 is 0 Å². The van der Waals surface area contributed by atoms with Gasteiger partial charge in [-0.15, -0.1) is 0 Å². The fourth-order valence-electron chi connectivity index (χ4n) is 1.10. The highest BCUT2D eigenvalue weighted by Gasteiger charge is 2.41. The van der Waals surface area contributed by atoms with Gasteiger partial charge >= 0.3 is 0 Å². The lowest BCUT2D eigenvalue weighted by atomic mass is 10.0. The van der Waals surface area contributed by atoms with Gasteiger partial charge in [0.05, 0.1) is 0 Å². The second-order valence-corrected chi connectivity index (χ2v) is 3.35. The van der Waals surface area contributed by atoms with Crippen LogP contribution in [0, 0.1) is 5.41 Å². The van der Waals surface area contributed by atoms with Crippen LogP contribution in [0.2, 0.25) is 0 Å². The monoisotopic (exact) mass is 144 g/mol. The predicted octanol–water partition coefficient (Wildman–Crippen LogP) is 1.68. The molecule has 1 fully saturated rings. The highest BCUT2D eigenvalue weighted by atomic mass is 32.1. The first-order valence-electron chi connectivity index (χ1n) is 3.29. The Morgan fingerprint density at radius 2 is 2.22 bits per heavy atom. The van der Waals surface area contributed by atoms with Gasteiger partial charge in [-0.05, 0) is 30.9 Å². The van der Waals surface area contributed by atoms with Gasteiger partial charge in [-0.25, -0.2) is 0 Å². The quantitative estimate of drug-likeness (QED) is 0.596. The maximum Gasteiger partial charge on any atom is 0.130 e. The number of ketones is 1. The van der Waals surface area contributed by atoms with Crippen molar-refractivity contribution in [3.05, 3.63) is 0 Å². The summed E-state index contributed by atoms with van der Waals surface area (Å²) in [4.78, 5) is 10.6. The molecule has 0 atom stereocenters. The largest absolute Gasteiger partial charge is 0.300 e. The molecule has 0 bridgehead atoms. The van der Waals surface area contributed by atoms with E-state index in [2.05, 4.69) is 12.6 Å². The predicted molar refractivity (Wildman–Crippen MR) is 40.8 cm³/mol. The molecule has 0 unspecified atom stereocenters. The van der Waals surface area contributed by atoms with Crippen LogP contribution < -0.4 is 0 Å². The van der Waals surface area contributed by atoms with Crippen molar-refractivity contribution in [2.75, 3.05) is 5.75 Å². The van der Waals surface area contributed by atoms with Gasteiger partial charge in [0.2, 0.25) is 0 Å². The highest BCUT2D eigenvalue weighted by molar-refractivity contribution is 7.80. The van der Waals surface area contributed by atoms with E-state index in [1.54, 1.807) is 6.92 Å². The number of carbonyl (C=O) groups is 1. The zero-order chi connectivity index (χ0) is 6.91. The molecule has 0 radical (unpaired) electrons. The van der Waals surface area contributed by atoms with Crippen LogP contribution in [0.25, 0.3) is 0 Å². The van der Waals surface area contributed by atoms with Crippen molar-refractivity contribution < 1.29 is 4.79 Å².